The Morgan fingerprint density at radius 1 is 1.50 bits per heavy atom. The van der Waals surface area contributed by atoms with Gasteiger partial charge < -0.3 is 5.11 Å². The van der Waals surface area contributed by atoms with Gasteiger partial charge in [0, 0.05) is 0 Å². The molecular formula is C7H8BrF2NO3S2. The molecule has 1 aromatic heterocycles. The number of nitrogens with one attached hydrogen (secondary N) is 1. The minimum atomic E-state index is -3.94. The van der Waals surface area contributed by atoms with Gasteiger partial charge in [-0.1, -0.05) is 0 Å². The number of sulfonamides is 1. The number of halogens is 3. The highest BCUT2D eigenvalue weighted by Crippen LogP contribution is 2.26. The summed E-state index contributed by atoms with van der Waals surface area (Å²) in [6.07, 6.45) is 0. The van der Waals surface area contributed by atoms with E-state index < -0.39 is 29.1 Å². The summed E-state index contributed by atoms with van der Waals surface area (Å²) in [6.45, 7) is -2.52. The molecule has 0 amide bonds. The summed E-state index contributed by atoms with van der Waals surface area (Å²) in [5.74, 6) is -3.46. The fraction of sp³-hybridized carbons (Fsp3) is 0.429. The maximum atomic E-state index is 12.6. The molecule has 0 bridgehead atoms. The van der Waals surface area contributed by atoms with Gasteiger partial charge in [-0.25, -0.2) is 21.9 Å². The summed E-state index contributed by atoms with van der Waals surface area (Å²) in [5, 5.41) is 8.28. The van der Waals surface area contributed by atoms with Crippen molar-refractivity contribution in [2.45, 2.75) is 10.1 Å². The fourth-order valence-electron chi connectivity index (χ4n) is 0.770. The second-order valence-electron chi connectivity index (χ2n) is 2.90. The lowest BCUT2D eigenvalue weighted by atomic mass is 10.4. The molecule has 0 aliphatic rings. The molecule has 0 aromatic carbocycles. The van der Waals surface area contributed by atoms with Crippen molar-refractivity contribution in [3.8, 4) is 0 Å². The number of rotatable bonds is 5. The molecule has 0 unspecified atom stereocenters. The molecule has 0 spiro atoms. The van der Waals surface area contributed by atoms with Crippen LogP contribution in [0.4, 0.5) is 8.78 Å². The lowest BCUT2D eigenvalue weighted by Gasteiger charge is -2.13. The molecule has 2 N–H and O–H groups in total. The molecule has 0 aliphatic carbocycles. The first-order valence-electron chi connectivity index (χ1n) is 4.00. The van der Waals surface area contributed by atoms with Crippen molar-refractivity contribution in [1.29, 1.82) is 0 Å². The number of hydrogen-bond donors (Lipinski definition) is 2. The average Bonchev–Trinajstić information content (AvgIpc) is 2.63. The molecule has 4 nitrogen and oxygen atoms in total. The van der Waals surface area contributed by atoms with Crippen molar-refractivity contribution >= 4 is 37.3 Å². The summed E-state index contributed by atoms with van der Waals surface area (Å²) in [5.41, 5.74) is 0. The van der Waals surface area contributed by atoms with Crippen molar-refractivity contribution in [3.63, 3.8) is 0 Å². The zero-order valence-corrected chi connectivity index (χ0v) is 11.0. The molecular weight excluding hydrogens is 328 g/mol. The Balaban J connectivity index is 2.74. The zero-order valence-electron chi connectivity index (χ0n) is 7.78. The van der Waals surface area contributed by atoms with Crippen LogP contribution in [0.1, 0.15) is 0 Å². The SMILES string of the molecule is O=S(=O)(NCC(F)(F)CO)c1ccc(Br)s1. The van der Waals surface area contributed by atoms with E-state index in [0.717, 1.165) is 11.3 Å². The minimum absolute atomic E-state index is 0.0619. The third-order valence-corrected chi connectivity index (χ3v) is 5.08. The number of thiophene rings is 1. The van der Waals surface area contributed by atoms with E-state index >= 15 is 0 Å². The Morgan fingerprint density at radius 2 is 2.12 bits per heavy atom. The monoisotopic (exact) mass is 335 g/mol. The topological polar surface area (TPSA) is 66.4 Å². The van der Waals surface area contributed by atoms with Gasteiger partial charge >= 0.3 is 0 Å². The van der Waals surface area contributed by atoms with Crippen LogP contribution in [0.25, 0.3) is 0 Å². The van der Waals surface area contributed by atoms with Crippen LogP contribution in [-0.4, -0.2) is 32.6 Å². The Morgan fingerprint density at radius 3 is 2.56 bits per heavy atom. The zero-order chi connectivity index (χ0) is 12.4. The van der Waals surface area contributed by atoms with Gasteiger partial charge in [-0.3, -0.25) is 0 Å². The van der Waals surface area contributed by atoms with Crippen LogP contribution in [0.15, 0.2) is 20.1 Å². The van der Waals surface area contributed by atoms with E-state index in [4.69, 9.17) is 5.11 Å². The van der Waals surface area contributed by atoms with Gasteiger partial charge in [-0.05, 0) is 28.1 Å². The highest BCUT2D eigenvalue weighted by Gasteiger charge is 2.30. The van der Waals surface area contributed by atoms with Gasteiger partial charge in [0.05, 0.1) is 10.3 Å². The van der Waals surface area contributed by atoms with Crippen LogP contribution in [0.3, 0.4) is 0 Å². The molecule has 0 radical (unpaired) electrons. The molecule has 0 atom stereocenters. The van der Waals surface area contributed by atoms with Crippen LogP contribution in [0.2, 0.25) is 0 Å². The summed E-state index contributed by atoms with van der Waals surface area (Å²) >= 11 is 3.98. The maximum absolute atomic E-state index is 12.6. The van der Waals surface area contributed by atoms with Crippen molar-refractivity contribution in [1.82, 2.24) is 4.72 Å². The first-order valence-corrected chi connectivity index (χ1v) is 7.10. The molecule has 1 aromatic rings. The third-order valence-electron chi connectivity index (χ3n) is 1.57. The molecule has 9 heteroatoms. The van der Waals surface area contributed by atoms with Gasteiger partial charge in [0.2, 0.25) is 10.0 Å². The van der Waals surface area contributed by atoms with E-state index in [0.29, 0.717) is 3.79 Å². The Labute approximate surface area is 103 Å². The number of aliphatic hydroxyl groups is 1. The van der Waals surface area contributed by atoms with Gasteiger partial charge in [0.1, 0.15) is 10.8 Å². The molecule has 92 valence electrons. The van der Waals surface area contributed by atoms with Crippen molar-refractivity contribution < 1.29 is 22.3 Å². The van der Waals surface area contributed by atoms with Crippen LogP contribution in [0, 0.1) is 0 Å². The number of hydrogen-bond acceptors (Lipinski definition) is 4. The Bertz CT molecular complexity index is 460. The first kappa shape index (κ1) is 14.0. The Hall–Kier alpha value is -0.0900. The van der Waals surface area contributed by atoms with Gasteiger partial charge in [-0.2, -0.15) is 0 Å². The van der Waals surface area contributed by atoms with Crippen molar-refractivity contribution in [2.24, 2.45) is 0 Å². The van der Waals surface area contributed by atoms with Gasteiger partial charge in [-0.15, -0.1) is 11.3 Å². The van der Waals surface area contributed by atoms with Gasteiger partial charge in [0.25, 0.3) is 5.92 Å². The lowest BCUT2D eigenvalue weighted by molar-refractivity contribution is -0.0437. The molecule has 1 heterocycles. The minimum Gasteiger partial charge on any atom is -0.390 e. The quantitative estimate of drug-likeness (QED) is 0.855. The molecule has 0 aliphatic heterocycles. The maximum Gasteiger partial charge on any atom is 0.283 e. The Kier molecular flexibility index (Phi) is 4.41. The second kappa shape index (κ2) is 5.05. The van der Waals surface area contributed by atoms with Crippen molar-refractivity contribution in [2.75, 3.05) is 13.2 Å². The summed E-state index contributed by atoms with van der Waals surface area (Å²) < 4.78 is 50.4. The number of aliphatic hydroxyl groups excluding tert-OH is 1. The number of alkyl halides is 2. The molecule has 0 fully saturated rings. The van der Waals surface area contributed by atoms with E-state index in [1.54, 1.807) is 4.72 Å². The molecule has 0 saturated heterocycles. The lowest BCUT2D eigenvalue weighted by Crippen LogP contribution is -2.38. The normalized spacial score (nSPS) is 13.0. The van der Waals surface area contributed by atoms with Crippen LogP contribution >= 0.6 is 27.3 Å². The summed E-state index contributed by atoms with van der Waals surface area (Å²) in [7, 11) is -3.94. The van der Waals surface area contributed by atoms with Crippen LogP contribution in [0.5, 0.6) is 0 Å². The highest BCUT2D eigenvalue weighted by molar-refractivity contribution is 9.11. The summed E-state index contributed by atoms with van der Waals surface area (Å²) in [4.78, 5) is 0. The van der Waals surface area contributed by atoms with E-state index in [1.165, 1.54) is 12.1 Å². The van der Waals surface area contributed by atoms with E-state index in [9.17, 15) is 17.2 Å². The predicted octanol–water partition coefficient (Wildman–Crippen LogP) is 1.42. The molecule has 1 rings (SSSR count). The van der Waals surface area contributed by atoms with E-state index in [2.05, 4.69) is 15.9 Å². The van der Waals surface area contributed by atoms with Gasteiger partial charge in [0.15, 0.2) is 0 Å². The fourth-order valence-corrected chi connectivity index (χ4v) is 3.89. The smallest absolute Gasteiger partial charge is 0.283 e. The standard InChI is InChI=1S/C7H8BrF2NO3S2/c8-5-1-2-6(15-5)16(13,14)11-3-7(9,10)4-12/h1-2,11-12H,3-4H2. The predicted molar refractivity (Wildman–Crippen MR) is 59.2 cm³/mol. The average molecular weight is 336 g/mol. The van der Waals surface area contributed by atoms with Crippen molar-refractivity contribution in [3.05, 3.63) is 15.9 Å². The largest absolute Gasteiger partial charge is 0.390 e. The second-order valence-corrected chi connectivity index (χ2v) is 7.35. The van der Waals surface area contributed by atoms with Crippen LogP contribution < -0.4 is 4.72 Å². The van der Waals surface area contributed by atoms with E-state index in [-0.39, 0.29) is 4.21 Å². The molecule has 16 heavy (non-hydrogen) atoms. The third kappa shape index (κ3) is 3.74. The van der Waals surface area contributed by atoms with Crippen LogP contribution in [-0.2, 0) is 10.0 Å². The summed E-state index contributed by atoms with van der Waals surface area (Å²) in [6, 6.07) is 2.80. The van der Waals surface area contributed by atoms with E-state index in [1.807, 2.05) is 0 Å². The first-order chi connectivity index (χ1) is 7.27. The highest BCUT2D eigenvalue weighted by atomic mass is 79.9. The molecule has 0 saturated carbocycles.